The number of aromatic nitrogens is 2. The summed E-state index contributed by atoms with van der Waals surface area (Å²) in [7, 11) is 0. The summed E-state index contributed by atoms with van der Waals surface area (Å²) >= 11 is 0. The highest BCUT2D eigenvalue weighted by Crippen LogP contribution is 2.33. The molecule has 1 saturated heterocycles. The molecule has 3 heterocycles. The molecule has 2 aliphatic rings. The van der Waals surface area contributed by atoms with Crippen LogP contribution in [0.3, 0.4) is 0 Å². The van der Waals surface area contributed by atoms with Crippen LogP contribution in [0.1, 0.15) is 31.3 Å². The van der Waals surface area contributed by atoms with E-state index in [2.05, 4.69) is 20.9 Å². The van der Waals surface area contributed by atoms with E-state index < -0.39 is 6.43 Å². The third-order valence-corrected chi connectivity index (χ3v) is 3.64. The van der Waals surface area contributed by atoms with Gasteiger partial charge >= 0.3 is 0 Å². The molecule has 0 bridgehead atoms. The highest BCUT2D eigenvalue weighted by molar-refractivity contribution is 5.23. The number of nitrogens with zero attached hydrogens (tertiary/aromatic N) is 3. The molecule has 3 rings (SSSR count). The van der Waals surface area contributed by atoms with E-state index in [1.165, 1.54) is 12.0 Å². The predicted molar refractivity (Wildman–Crippen MR) is 64.9 cm³/mol. The Morgan fingerprint density at radius 1 is 1.47 bits per heavy atom. The molecule has 1 atom stereocenters. The first kappa shape index (κ1) is 12.3. The first-order valence-corrected chi connectivity index (χ1v) is 6.42. The lowest BCUT2D eigenvalue weighted by Gasteiger charge is -2.24. The molecule has 6 heteroatoms. The summed E-state index contributed by atoms with van der Waals surface area (Å²) in [5.74, 6) is 0.00151. The van der Waals surface area contributed by atoms with Gasteiger partial charge in [0.2, 0.25) is 5.88 Å². The second kappa shape index (κ2) is 5.11. The molecule has 1 fully saturated rings. The number of fused-ring (bicyclic) bond motifs is 1. The molecule has 0 radical (unpaired) electrons. The second-order valence-corrected chi connectivity index (χ2v) is 4.76. The van der Waals surface area contributed by atoms with Crippen LogP contribution in [0.15, 0.2) is 24.3 Å². The average Bonchev–Trinajstić information content (AvgIpc) is 3.00. The van der Waals surface area contributed by atoms with E-state index in [-0.39, 0.29) is 17.5 Å². The predicted octanol–water partition coefficient (Wildman–Crippen LogP) is 2.54. The first-order valence-electron chi connectivity index (χ1n) is 6.42. The smallest absolute Gasteiger partial charge is 0.270 e. The zero-order chi connectivity index (χ0) is 13.2. The molecule has 0 amide bonds. The number of halogens is 2. The van der Waals surface area contributed by atoms with Gasteiger partial charge in [-0.2, -0.15) is 0 Å². The number of hydrogen-bond acceptors (Lipinski definition) is 4. The zero-order valence-electron chi connectivity index (χ0n) is 10.4. The summed E-state index contributed by atoms with van der Waals surface area (Å²) in [4.78, 5) is 9.72. The highest BCUT2D eigenvalue weighted by atomic mass is 19.3. The molecular weight excluding hydrogens is 252 g/mol. The minimum atomic E-state index is -2.61. The van der Waals surface area contributed by atoms with E-state index in [1.807, 2.05) is 0 Å². The third-order valence-electron chi connectivity index (χ3n) is 3.64. The van der Waals surface area contributed by atoms with E-state index in [0.29, 0.717) is 6.61 Å². The molecule has 102 valence electrons. The van der Waals surface area contributed by atoms with Crippen molar-refractivity contribution in [3.05, 3.63) is 29.9 Å². The molecular formula is C13H15F2N3O. The lowest BCUT2D eigenvalue weighted by atomic mass is 10.2. The fraction of sp³-hybridized carbons (Fsp3) is 0.538. The Hall–Kier alpha value is -1.72. The molecule has 1 aromatic rings. The van der Waals surface area contributed by atoms with Crippen molar-refractivity contribution in [2.75, 3.05) is 13.2 Å². The van der Waals surface area contributed by atoms with Gasteiger partial charge in [-0.3, -0.25) is 0 Å². The fourth-order valence-electron chi connectivity index (χ4n) is 2.71. The number of hydrogen-bond donors (Lipinski definition) is 0. The van der Waals surface area contributed by atoms with Gasteiger partial charge < -0.3 is 9.64 Å². The fourth-order valence-corrected chi connectivity index (χ4v) is 2.71. The summed E-state index contributed by atoms with van der Waals surface area (Å²) < 4.78 is 31.0. The van der Waals surface area contributed by atoms with Crippen molar-refractivity contribution in [1.29, 1.82) is 0 Å². The van der Waals surface area contributed by atoms with E-state index >= 15 is 0 Å². The molecule has 4 nitrogen and oxygen atoms in total. The number of rotatable bonds is 4. The van der Waals surface area contributed by atoms with E-state index in [9.17, 15) is 8.78 Å². The Balaban J connectivity index is 1.65. The molecule has 0 unspecified atom stereocenters. The molecule has 0 aromatic carbocycles. The maximum atomic E-state index is 12.8. The van der Waals surface area contributed by atoms with Crippen LogP contribution in [-0.2, 0) is 0 Å². The monoisotopic (exact) mass is 267 g/mol. The Labute approximate surface area is 110 Å². The van der Waals surface area contributed by atoms with E-state index in [1.54, 1.807) is 0 Å². The lowest BCUT2D eigenvalue weighted by molar-refractivity contribution is 0.137. The summed E-state index contributed by atoms with van der Waals surface area (Å²) in [6.07, 6.45) is 5.12. The molecule has 0 saturated carbocycles. The van der Waals surface area contributed by atoms with Gasteiger partial charge in [0.25, 0.3) is 6.43 Å². The maximum Gasteiger partial charge on any atom is 0.270 e. The van der Waals surface area contributed by atoms with Crippen LogP contribution < -0.4 is 4.74 Å². The van der Waals surface area contributed by atoms with Crippen LogP contribution in [0.25, 0.3) is 0 Å². The van der Waals surface area contributed by atoms with Crippen molar-refractivity contribution >= 4 is 0 Å². The molecule has 0 spiro atoms. The largest absolute Gasteiger partial charge is 0.475 e. The molecule has 1 aromatic heterocycles. The zero-order valence-corrected chi connectivity index (χ0v) is 10.4. The maximum absolute atomic E-state index is 12.8. The van der Waals surface area contributed by atoms with Gasteiger partial charge in [-0.1, -0.05) is 6.08 Å². The van der Waals surface area contributed by atoms with E-state index in [4.69, 9.17) is 4.74 Å². The standard InChI is InChI=1S/C13H15F2N3O/c14-12(15)11-6-16-8-17-13(11)19-7-10-4-3-9-2-1-5-18(9)10/h2,6,8,10,12H,1,3-5,7H2/t10-/m0/s1. The second-order valence-electron chi connectivity index (χ2n) is 4.76. The minimum Gasteiger partial charge on any atom is -0.475 e. The molecule has 19 heavy (non-hydrogen) atoms. The van der Waals surface area contributed by atoms with Crippen LogP contribution >= 0.6 is 0 Å². The van der Waals surface area contributed by atoms with Gasteiger partial charge in [-0.05, 0) is 19.3 Å². The van der Waals surface area contributed by atoms with Crippen molar-refractivity contribution in [2.24, 2.45) is 0 Å². The van der Waals surface area contributed by atoms with Gasteiger partial charge in [-0.15, -0.1) is 0 Å². The lowest BCUT2D eigenvalue weighted by Crippen LogP contribution is -2.32. The van der Waals surface area contributed by atoms with Gasteiger partial charge in [0.15, 0.2) is 0 Å². The van der Waals surface area contributed by atoms with Gasteiger partial charge in [-0.25, -0.2) is 18.7 Å². The average molecular weight is 267 g/mol. The van der Waals surface area contributed by atoms with Crippen molar-refractivity contribution in [1.82, 2.24) is 14.9 Å². The number of allylic oxidation sites excluding steroid dienone is 1. The van der Waals surface area contributed by atoms with Gasteiger partial charge in [0.05, 0.1) is 11.6 Å². The van der Waals surface area contributed by atoms with E-state index in [0.717, 1.165) is 32.0 Å². The van der Waals surface area contributed by atoms with Crippen LogP contribution in [0, 0.1) is 0 Å². The van der Waals surface area contributed by atoms with Crippen LogP contribution in [0.2, 0.25) is 0 Å². The third kappa shape index (κ3) is 2.39. The SMILES string of the molecule is FC(F)c1cncnc1OC[C@@H]1CCC2=CCCN21. The summed E-state index contributed by atoms with van der Waals surface area (Å²) in [6, 6.07) is 0.272. The number of ether oxygens (including phenoxy) is 1. The molecule has 0 N–H and O–H groups in total. The topological polar surface area (TPSA) is 38.3 Å². The Morgan fingerprint density at radius 3 is 3.21 bits per heavy atom. The quantitative estimate of drug-likeness (QED) is 0.840. The van der Waals surface area contributed by atoms with Crippen LogP contribution in [0.5, 0.6) is 5.88 Å². The van der Waals surface area contributed by atoms with Crippen molar-refractivity contribution < 1.29 is 13.5 Å². The number of alkyl halides is 2. The van der Waals surface area contributed by atoms with Crippen LogP contribution in [-0.4, -0.2) is 34.1 Å². The first-order chi connectivity index (χ1) is 9.25. The summed E-state index contributed by atoms with van der Waals surface area (Å²) in [5.41, 5.74) is 1.13. The van der Waals surface area contributed by atoms with Crippen LogP contribution in [0.4, 0.5) is 8.78 Å². The minimum absolute atomic E-state index is 0.00151. The Kier molecular flexibility index (Phi) is 3.31. The van der Waals surface area contributed by atoms with Gasteiger partial charge in [0, 0.05) is 18.4 Å². The van der Waals surface area contributed by atoms with Crippen molar-refractivity contribution in [3.63, 3.8) is 0 Å². The molecule has 2 aliphatic heterocycles. The van der Waals surface area contributed by atoms with Crippen molar-refractivity contribution in [2.45, 2.75) is 31.7 Å². The highest BCUT2D eigenvalue weighted by Gasteiger charge is 2.31. The summed E-state index contributed by atoms with van der Waals surface area (Å²) in [5, 5.41) is 0. The molecule has 0 aliphatic carbocycles. The normalized spacial score (nSPS) is 21.7. The van der Waals surface area contributed by atoms with Gasteiger partial charge in [0.1, 0.15) is 12.9 Å². The Morgan fingerprint density at radius 2 is 2.37 bits per heavy atom. The van der Waals surface area contributed by atoms with Crippen molar-refractivity contribution in [3.8, 4) is 5.88 Å². The summed E-state index contributed by atoms with van der Waals surface area (Å²) in [6.45, 7) is 1.41. The Bertz CT molecular complexity index is 493.